The standard InChI is InChI=1S/C43H59N9O7S/c1-43(2,59)36-25-46-50-52(36)32-24-35(40(56)48-33(37(53)38(44)54)14-8-9-19-45-42(58)47-31-17-20-60-21-18-31)51(26-32)41(57)34(22-27-10-4-3-5-11-27)49-39(55)30-16-15-28-12-6-7-13-29(28)23-30/h6-7,12-13,15-16,23,25,27,31-35,59H,3-5,8-11,14,17-22,24,26H2,1-2H3,(H2,44,54)(H,48,56)(H,49,55)(H2,45,47,58)/t32-,33?,34?,35-/m0/s1. The zero-order chi connectivity index (χ0) is 42.8. The van der Waals surface area contributed by atoms with E-state index in [0.29, 0.717) is 37.1 Å². The molecule has 0 spiro atoms. The number of nitrogens with one attached hydrogen (secondary N) is 4. The summed E-state index contributed by atoms with van der Waals surface area (Å²) >= 11 is 1.87. The van der Waals surface area contributed by atoms with Crippen molar-refractivity contribution in [1.29, 1.82) is 0 Å². The highest BCUT2D eigenvalue weighted by molar-refractivity contribution is 7.99. The number of likely N-dealkylation sites (tertiary alicyclic amines) is 1. The van der Waals surface area contributed by atoms with Gasteiger partial charge in [0.25, 0.3) is 11.8 Å². The lowest BCUT2D eigenvalue weighted by Crippen LogP contribution is -2.56. The number of ketones is 1. The normalized spacial score (nSPS) is 19.9. The number of aromatic nitrogens is 3. The van der Waals surface area contributed by atoms with Crippen molar-refractivity contribution < 1.29 is 33.9 Å². The summed E-state index contributed by atoms with van der Waals surface area (Å²) in [6, 6.07) is 8.94. The number of benzene rings is 2. The fourth-order valence-electron chi connectivity index (χ4n) is 8.65. The van der Waals surface area contributed by atoms with Gasteiger partial charge in [0.05, 0.1) is 24.0 Å². The number of aliphatic hydroxyl groups is 1. The Morgan fingerprint density at radius 1 is 0.933 bits per heavy atom. The quantitative estimate of drug-likeness (QED) is 0.0856. The molecule has 2 aliphatic heterocycles. The number of nitrogens with zero attached hydrogens (tertiary/aromatic N) is 4. The molecular weight excluding hydrogens is 787 g/mol. The van der Waals surface area contributed by atoms with Crippen LogP contribution in [0.25, 0.3) is 10.8 Å². The van der Waals surface area contributed by atoms with E-state index in [1.54, 1.807) is 26.0 Å². The number of thioether (sulfide) groups is 1. The number of carbonyl (C=O) groups is 6. The van der Waals surface area contributed by atoms with E-state index in [2.05, 4.69) is 31.6 Å². The first-order valence-corrected chi connectivity index (χ1v) is 22.4. The molecule has 3 aromatic rings. The molecule has 3 aliphatic rings. The van der Waals surface area contributed by atoms with Crippen molar-refractivity contribution in [3.63, 3.8) is 0 Å². The number of hydrogen-bond acceptors (Lipinski definition) is 10. The number of Topliss-reactive ketones (excluding diaryl/α,β-unsaturated/α-hetero) is 1. The summed E-state index contributed by atoms with van der Waals surface area (Å²) in [4.78, 5) is 82.4. The van der Waals surface area contributed by atoms with Crippen molar-refractivity contribution in [2.75, 3.05) is 24.6 Å². The second-order valence-electron chi connectivity index (χ2n) is 16.9. The Kier molecular flexibility index (Phi) is 15.2. The molecule has 16 nitrogen and oxygen atoms in total. The molecule has 2 aromatic carbocycles. The lowest BCUT2D eigenvalue weighted by Gasteiger charge is -2.32. The molecule has 324 valence electrons. The van der Waals surface area contributed by atoms with Crippen LogP contribution < -0.4 is 27.0 Å². The Labute approximate surface area is 354 Å². The van der Waals surface area contributed by atoms with E-state index in [0.717, 1.165) is 67.2 Å². The molecule has 1 aliphatic carbocycles. The maximum Gasteiger partial charge on any atom is 0.315 e. The summed E-state index contributed by atoms with van der Waals surface area (Å²) in [6.45, 7) is 3.49. The monoisotopic (exact) mass is 845 g/mol. The lowest BCUT2D eigenvalue weighted by molar-refractivity contribution is -0.142. The summed E-state index contributed by atoms with van der Waals surface area (Å²) in [5.41, 5.74) is 4.87. The minimum absolute atomic E-state index is 0.00175. The molecule has 0 radical (unpaired) electrons. The van der Waals surface area contributed by atoms with Gasteiger partial charge in [0.1, 0.15) is 17.7 Å². The summed E-state index contributed by atoms with van der Waals surface area (Å²) in [5.74, 6) is -1.54. The molecule has 17 heteroatoms. The van der Waals surface area contributed by atoms with Gasteiger partial charge in [0, 0.05) is 31.1 Å². The third-order valence-corrected chi connectivity index (χ3v) is 13.0. The van der Waals surface area contributed by atoms with Gasteiger partial charge in [-0.2, -0.15) is 11.8 Å². The number of amides is 6. The highest BCUT2D eigenvalue weighted by Crippen LogP contribution is 2.34. The van der Waals surface area contributed by atoms with Gasteiger partial charge in [-0.3, -0.25) is 24.0 Å². The fraction of sp³-hybridized carbons (Fsp3) is 0.581. The first-order chi connectivity index (χ1) is 28.8. The van der Waals surface area contributed by atoms with Crippen molar-refractivity contribution in [1.82, 2.24) is 41.2 Å². The number of rotatable bonds is 17. The highest BCUT2D eigenvalue weighted by atomic mass is 32.2. The number of unbranched alkanes of at least 4 members (excludes halogenated alkanes) is 1. The van der Waals surface area contributed by atoms with Gasteiger partial charge < -0.3 is 37.0 Å². The average Bonchev–Trinajstić information content (AvgIpc) is 3.92. The predicted octanol–water partition coefficient (Wildman–Crippen LogP) is 3.47. The SMILES string of the molecule is CC(C)(O)c1cnnn1[C@H]1C[C@@H](C(=O)NC(CCCCNC(=O)NC2CCSCC2)C(=O)C(N)=O)N(C(=O)C(CC2CCCCC2)NC(=O)c2ccc3ccccc3c2)C1. The first kappa shape index (κ1) is 44.5. The van der Waals surface area contributed by atoms with Gasteiger partial charge in [0.2, 0.25) is 17.6 Å². The minimum atomic E-state index is -1.35. The number of primary amides is 1. The van der Waals surface area contributed by atoms with Crippen LogP contribution in [0.3, 0.4) is 0 Å². The van der Waals surface area contributed by atoms with Crippen molar-refractivity contribution in [3.05, 3.63) is 59.9 Å². The molecule has 0 bridgehead atoms. The van der Waals surface area contributed by atoms with Gasteiger partial charge in [-0.05, 0) is 92.7 Å². The van der Waals surface area contributed by atoms with Crippen LogP contribution in [-0.4, -0.2) is 109 Å². The summed E-state index contributed by atoms with van der Waals surface area (Å²) < 4.78 is 1.51. The average molecular weight is 846 g/mol. The zero-order valence-electron chi connectivity index (χ0n) is 34.6. The molecule has 3 heterocycles. The zero-order valence-corrected chi connectivity index (χ0v) is 35.4. The van der Waals surface area contributed by atoms with Gasteiger partial charge >= 0.3 is 6.03 Å². The smallest absolute Gasteiger partial charge is 0.315 e. The molecule has 6 rings (SSSR count). The van der Waals surface area contributed by atoms with Gasteiger partial charge in [-0.15, -0.1) is 5.10 Å². The van der Waals surface area contributed by atoms with Gasteiger partial charge in [0.15, 0.2) is 0 Å². The Morgan fingerprint density at radius 2 is 1.67 bits per heavy atom. The Balaban J connectivity index is 1.20. The minimum Gasteiger partial charge on any atom is -0.384 e. The fourth-order valence-corrected chi connectivity index (χ4v) is 9.75. The molecule has 60 heavy (non-hydrogen) atoms. The van der Waals surface area contributed by atoms with Gasteiger partial charge in [-0.25, -0.2) is 9.48 Å². The number of hydrogen-bond donors (Lipinski definition) is 6. The molecule has 6 amide bonds. The molecule has 4 atom stereocenters. The van der Waals surface area contributed by atoms with Crippen LogP contribution in [0.4, 0.5) is 4.79 Å². The van der Waals surface area contributed by atoms with E-state index in [4.69, 9.17) is 5.73 Å². The molecule has 1 aromatic heterocycles. The number of urea groups is 1. The maximum absolute atomic E-state index is 14.9. The molecule has 3 fully saturated rings. The number of nitrogens with two attached hydrogens (primary N) is 1. The van der Waals surface area contributed by atoms with Crippen molar-refractivity contribution >= 4 is 58.0 Å². The number of fused-ring (bicyclic) bond motifs is 1. The van der Waals surface area contributed by atoms with E-state index in [1.165, 1.54) is 15.8 Å². The van der Waals surface area contributed by atoms with Crippen LogP contribution in [0.1, 0.15) is 113 Å². The second-order valence-corrected chi connectivity index (χ2v) is 18.1. The molecule has 2 saturated heterocycles. The van der Waals surface area contributed by atoms with Crippen LogP contribution in [0.5, 0.6) is 0 Å². The largest absolute Gasteiger partial charge is 0.384 e. The Bertz CT molecular complexity index is 2010. The summed E-state index contributed by atoms with van der Waals surface area (Å²) in [6.07, 6.45) is 9.56. The van der Waals surface area contributed by atoms with Crippen molar-refractivity contribution in [3.8, 4) is 0 Å². The third-order valence-electron chi connectivity index (χ3n) is 12.0. The molecule has 2 unspecified atom stereocenters. The lowest BCUT2D eigenvalue weighted by atomic mass is 9.84. The van der Waals surface area contributed by atoms with Crippen LogP contribution in [0.15, 0.2) is 48.7 Å². The van der Waals surface area contributed by atoms with Crippen LogP contribution in [0, 0.1) is 5.92 Å². The van der Waals surface area contributed by atoms with Crippen LogP contribution in [0.2, 0.25) is 0 Å². The Morgan fingerprint density at radius 3 is 2.38 bits per heavy atom. The molecular formula is C43H59N9O7S. The van der Waals surface area contributed by atoms with Crippen molar-refractivity contribution in [2.45, 2.75) is 127 Å². The summed E-state index contributed by atoms with van der Waals surface area (Å²) in [7, 11) is 0. The number of carbonyl (C=O) groups excluding carboxylic acids is 6. The van der Waals surface area contributed by atoms with Crippen LogP contribution in [-0.2, 0) is 24.8 Å². The van der Waals surface area contributed by atoms with Crippen LogP contribution >= 0.6 is 11.8 Å². The van der Waals surface area contributed by atoms with E-state index in [9.17, 15) is 33.9 Å². The van der Waals surface area contributed by atoms with E-state index >= 15 is 0 Å². The molecule has 7 N–H and O–H groups in total. The van der Waals surface area contributed by atoms with E-state index < -0.39 is 59.2 Å². The topological polar surface area (TPSA) is 231 Å². The maximum atomic E-state index is 14.9. The molecule has 1 saturated carbocycles. The van der Waals surface area contributed by atoms with E-state index in [1.807, 2.05) is 42.1 Å². The first-order valence-electron chi connectivity index (χ1n) is 21.3. The summed E-state index contributed by atoms with van der Waals surface area (Å²) in [5, 5.41) is 32.6. The third kappa shape index (κ3) is 11.6. The highest BCUT2D eigenvalue weighted by Gasteiger charge is 2.45. The predicted molar refractivity (Wildman–Crippen MR) is 228 cm³/mol. The second kappa shape index (κ2) is 20.5. The van der Waals surface area contributed by atoms with Gasteiger partial charge in [-0.1, -0.05) is 67.6 Å². The van der Waals surface area contributed by atoms with Crippen molar-refractivity contribution in [2.24, 2.45) is 11.7 Å². The Hall–Kier alpha value is -5.03. The van der Waals surface area contributed by atoms with E-state index in [-0.39, 0.29) is 37.4 Å².